The van der Waals surface area contributed by atoms with E-state index in [0.717, 1.165) is 37.4 Å². The van der Waals surface area contributed by atoms with Gasteiger partial charge in [0.15, 0.2) is 0 Å². The lowest BCUT2D eigenvalue weighted by molar-refractivity contribution is 0.0504. The van der Waals surface area contributed by atoms with Crippen LogP contribution in [0.15, 0.2) is 0 Å². The summed E-state index contributed by atoms with van der Waals surface area (Å²) in [5.74, 6) is 1.88. The van der Waals surface area contributed by atoms with Crippen molar-refractivity contribution in [1.29, 1.82) is 0 Å². The van der Waals surface area contributed by atoms with E-state index < -0.39 is 10.8 Å². The SMILES string of the molecule is CC1CCC(O)C(CCS(C)=O)C1. The van der Waals surface area contributed by atoms with Crippen molar-refractivity contribution in [2.24, 2.45) is 11.8 Å². The first-order valence-electron chi connectivity index (χ1n) is 5.07. The Hall–Kier alpha value is 0.110. The monoisotopic (exact) mass is 204 g/mol. The molecule has 0 aliphatic heterocycles. The predicted octanol–water partition coefficient (Wildman–Crippen LogP) is 1.55. The number of aliphatic hydroxyl groups excluding tert-OH is 1. The van der Waals surface area contributed by atoms with E-state index >= 15 is 0 Å². The molecule has 1 aliphatic carbocycles. The summed E-state index contributed by atoms with van der Waals surface area (Å²) in [5.41, 5.74) is 0. The Kier molecular flexibility index (Phi) is 4.39. The summed E-state index contributed by atoms with van der Waals surface area (Å²) < 4.78 is 10.9. The third kappa shape index (κ3) is 3.77. The van der Waals surface area contributed by atoms with Crippen molar-refractivity contribution in [3.8, 4) is 0 Å². The third-order valence-corrected chi connectivity index (χ3v) is 3.79. The van der Waals surface area contributed by atoms with E-state index in [1.54, 1.807) is 6.26 Å². The van der Waals surface area contributed by atoms with Gasteiger partial charge in [-0.05, 0) is 37.5 Å². The van der Waals surface area contributed by atoms with Gasteiger partial charge in [0.2, 0.25) is 0 Å². The van der Waals surface area contributed by atoms with Crippen molar-refractivity contribution >= 4 is 10.8 Å². The second-order valence-electron chi connectivity index (χ2n) is 4.31. The van der Waals surface area contributed by atoms with Crippen molar-refractivity contribution < 1.29 is 9.32 Å². The van der Waals surface area contributed by atoms with Gasteiger partial charge in [0.25, 0.3) is 0 Å². The summed E-state index contributed by atoms with van der Waals surface area (Å²) in [6, 6.07) is 0. The average Bonchev–Trinajstić information content (AvgIpc) is 2.06. The molecule has 1 aliphatic rings. The van der Waals surface area contributed by atoms with Gasteiger partial charge in [0.1, 0.15) is 0 Å². The molecule has 13 heavy (non-hydrogen) atoms. The molecule has 0 heterocycles. The first-order chi connectivity index (χ1) is 6.09. The topological polar surface area (TPSA) is 37.3 Å². The van der Waals surface area contributed by atoms with Crippen molar-refractivity contribution in [2.75, 3.05) is 12.0 Å². The predicted molar refractivity (Wildman–Crippen MR) is 56.1 cm³/mol. The largest absolute Gasteiger partial charge is 0.393 e. The Morgan fingerprint density at radius 3 is 2.77 bits per heavy atom. The van der Waals surface area contributed by atoms with E-state index in [1.165, 1.54) is 0 Å². The quantitative estimate of drug-likeness (QED) is 0.757. The summed E-state index contributed by atoms with van der Waals surface area (Å²) in [6.45, 7) is 2.24. The zero-order chi connectivity index (χ0) is 9.84. The van der Waals surface area contributed by atoms with Crippen molar-refractivity contribution in [2.45, 2.75) is 38.7 Å². The minimum atomic E-state index is -0.705. The van der Waals surface area contributed by atoms with Crippen LogP contribution in [0.25, 0.3) is 0 Å². The van der Waals surface area contributed by atoms with Crippen molar-refractivity contribution in [1.82, 2.24) is 0 Å². The molecule has 1 saturated carbocycles. The molecule has 0 aromatic heterocycles. The van der Waals surface area contributed by atoms with Gasteiger partial charge in [-0.3, -0.25) is 4.21 Å². The van der Waals surface area contributed by atoms with E-state index in [0.29, 0.717) is 5.92 Å². The van der Waals surface area contributed by atoms with E-state index in [-0.39, 0.29) is 6.10 Å². The lowest BCUT2D eigenvalue weighted by atomic mass is 9.79. The third-order valence-electron chi connectivity index (χ3n) is 2.98. The van der Waals surface area contributed by atoms with Crippen LogP contribution in [0.1, 0.15) is 32.6 Å². The minimum Gasteiger partial charge on any atom is -0.393 e. The first kappa shape index (κ1) is 11.2. The fraction of sp³-hybridized carbons (Fsp3) is 1.00. The Bertz CT molecular complexity index is 182. The zero-order valence-corrected chi connectivity index (χ0v) is 9.35. The molecular weight excluding hydrogens is 184 g/mol. The molecule has 2 nitrogen and oxygen atoms in total. The minimum absolute atomic E-state index is 0.139. The maximum Gasteiger partial charge on any atom is 0.0568 e. The Morgan fingerprint density at radius 2 is 2.15 bits per heavy atom. The molecule has 0 amide bonds. The molecular formula is C10H20O2S. The molecule has 0 bridgehead atoms. The number of aliphatic hydroxyl groups is 1. The fourth-order valence-electron chi connectivity index (χ4n) is 2.11. The molecule has 4 unspecified atom stereocenters. The number of hydrogen-bond donors (Lipinski definition) is 1. The number of hydrogen-bond acceptors (Lipinski definition) is 2. The highest BCUT2D eigenvalue weighted by Crippen LogP contribution is 2.31. The number of rotatable bonds is 3. The van der Waals surface area contributed by atoms with Crippen LogP contribution in [0.4, 0.5) is 0 Å². The van der Waals surface area contributed by atoms with Crippen LogP contribution in [0, 0.1) is 11.8 Å². The molecule has 0 saturated heterocycles. The van der Waals surface area contributed by atoms with Gasteiger partial charge in [0.05, 0.1) is 6.10 Å². The molecule has 0 aromatic carbocycles. The summed E-state index contributed by atoms with van der Waals surface area (Å²) in [4.78, 5) is 0. The smallest absolute Gasteiger partial charge is 0.0568 e. The fourth-order valence-corrected chi connectivity index (χ4v) is 2.74. The van der Waals surface area contributed by atoms with Crippen LogP contribution < -0.4 is 0 Å². The van der Waals surface area contributed by atoms with Crippen molar-refractivity contribution in [3.63, 3.8) is 0 Å². The van der Waals surface area contributed by atoms with Crippen LogP contribution in [0.3, 0.4) is 0 Å². The van der Waals surface area contributed by atoms with E-state index in [4.69, 9.17) is 0 Å². The molecule has 1 rings (SSSR count). The first-order valence-corrected chi connectivity index (χ1v) is 6.80. The van der Waals surface area contributed by atoms with Crippen LogP contribution in [-0.4, -0.2) is 27.4 Å². The van der Waals surface area contributed by atoms with Gasteiger partial charge in [-0.25, -0.2) is 0 Å². The second-order valence-corrected chi connectivity index (χ2v) is 5.87. The van der Waals surface area contributed by atoms with E-state index in [9.17, 15) is 9.32 Å². The summed E-state index contributed by atoms with van der Waals surface area (Å²) in [7, 11) is -0.705. The maximum absolute atomic E-state index is 10.9. The standard InChI is InChI=1S/C10H20O2S/c1-8-3-4-10(11)9(7-8)5-6-13(2)12/h8-11H,3-7H2,1-2H3. The molecule has 3 heteroatoms. The normalized spacial score (nSPS) is 37.3. The zero-order valence-electron chi connectivity index (χ0n) is 8.53. The molecule has 4 atom stereocenters. The maximum atomic E-state index is 10.9. The highest BCUT2D eigenvalue weighted by Gasteiger charge is 2.26. The Balaban J connectivity index is 2.33. The molecule has 1 N–H and O–H groups in total. The molecule has 0 radical (unpaired) electrons. The van der Waals surface area contributed by atoms with Crippen LogP contribution in [-0.2, 0) is 10.8 Å². The van der Waals surface area contributed by atoms with Crippen LogP contribution >= 0.6 is 0 Å². The molecule has 0 spiro atoms. The van der Waals surface area contributed by atoms with Gasteiger partial charge < -0.3 is 5.11 Å². The van der Waals surface area contributed by atoms with Gasteiger partial charge in [0, 0.05) is 22.8 Å². The average molecular weight is 204 g/mol. The Labute approximate surface area is 83.2 Å². The van der Waals surface area contributed by atoms with Gasteiger partial charge in [-0.15, -0.1) is 0 Å². The molecule has 78 valence electrons. The summed E-state index contributed by atoms with van der Waals surface area (Å²) in [6.07, 6.45) is 5.71. The lowest BCUT2D eigenvalue weighted by Crippen LogP contribution is -2.29. The van der Waals surface area contributed by atoms with Gasteiger partial charge in [-0.2, -0.15) is 0 Å². The Morgan fingerprint density at radius 1 is 1.46 bits per heavy atom. The molecule has 1 fully saturated rings. The second kappa shape index (κ2) is 5.11. The van der Waals surface area contributed by atoms with Crippen LogP contribution in [0.5, 0.6) is 0 Å². The molecule has 0 aromatic rings. The summed E-state index contributed by atoms with van der Waals surface area (Å²) in [5, 5.41) is 9.70. The highest BCUT2D eigenvalue weighted by molar-refractivity contribution is 7.84. The van der Waals surface area contributed by atoms with Crippen LogP contribution in [0.2, 0.25) is 0 Å². The van der Waals surface area contributed by atoms with Gasteiger partial charge in [-0.1, -0.05) is 6.92 Å². The van der Waals surface area contributed by atoms with E-state index in [1.807, 2.05) is 0 Å². The summed E-state index contributed by atoms with van der Waals surface area (Å²) >= 11 is 0. The highest BCUT2D eigenvalue weighted by atomic mass is 32.2. The van der Waals surface area contributed by atoms with Crippen molar-refractivity contribution in [3.05, 3.63) is 0 Å². The van der Waals surface area contributed by atoms with Gasteiger partial charge >= 0.3 is 0 Å². The lowest BCUT2D eigenvalue weighted by Gasteiger charge is -2.31. The van der Waals surface area contributed by atoms with E-state index in [2.05, 4.69) is 6.92 Å².